The molecular formula is C23H38O. The van der Waals surface area contributed by atoms with E-state index < -0.39 is 0 Å². The molecule has 0 heterocycles. The number of benzene rings is 1. The van der Waals surface area contributed by atoms with Crippen molar-refractivity contribution in [3.8, 4) is 5.75 Å². The van der Waals surface area contributed by atoms with Crippen LogP contribution in [0.1, 0.15) is 90.5 Å². The van der Waals surface area contributed by atoms with Crippen LogP contribution in [0, 0.1) is 5.92 Å². The topological polar surface area (TPSA) is 9.23 Å². The van der Waals surface area contributed by atoms with Gasteiger partial charge in [0.1, 0.15) is 5.75 Å². The van der Waals surface area contributed by atoms with Gasteiger partial charge in [0.05, 0.1) is 6.26 Å². The summed E-state index contributed by atoms with van der Waals surface area (Å²) in [7, 11) is 0. The first-order valence-electron chi connectivity index (χ1n) is 10.2. The number of unbranched alkanes of at least 4 members (excludes halogenated alkanes) is 6. The summed E-state index contributed by atoms with van der Waals surface area (Å²) in [4.78, 5) is 0. The van der Waals surface area contributed by atoms with Crippen LogP contribution in [0.3, 0.4) is 0 Å². The smallest absolute Gasteiger partial charge is 0.129 e. The molecule has 1 atom stereocenters. The minimum absolute atomic E-state index is 0.858. The van der Waals surface area contributed by atoms with Gasteiger partial charge < -0.3 is 4.74 Å². The maximum Gasteiger partial charge on any atom is 0.129 e. The Morgan fingerprint density at radius 3 is 2.54 bits per heavy atom. The van der Waals surface area contributed by atoms with Crippen LogP contribution in [0.5, 0.6) is 5.75 Å². The first kappa shape index (κ1) is 20.8. The van der Waals surface area contributed by atoms with Gasteiger partial charge in [-0.2, -0.15) is 0 Å². The van der Waals surface area contributed by atoms with Gasteiger partial charge in [-0.1, -0.05) is 83.9 Å². The van der Waals surface area contributed by atoms with E-state index >= 15 is 0 Å². The van der Waals surface area contributed by atoms with Crippen LogP contribution in [-0.4, -0.2) is 0 Å². The van der Waals surface area contributed by atoms with E-state index in [1.54, 1.807) is 0 Å². The van der Waals surface area contributed by atoms with Crippen molar-refractivity contribution in [1.29, 1.82) is 0 Å². The fourth-order valence-corrected chi connectivity index (χ4v) is 2.89. The van der Waals surface area contributed by atoms with Gasteiger partial charge in [-0.25, -0.2) is 0 Å². The summed E-state index contributed by atoms with van der Waals surface area (Å²) < 4.78 is 5.88. The Balaban J connectivity index is 2.27. The van der Waals surface area contributed by atoms with Crippen molar-refractivity contribution in [3.63, 3.8) is 0 Å². The van der Waals surface area contributed by atoms with Crippen LogP contribution >= 0.6 is 0 Å². The number of hydrogen-bond acceptors (Lipinski definition) is 1. The SMILES string of the molecule is CCCCCCCC=COc1ccccc1CCCCC(C)CC. The molecule has 0 saturated heterocycles. The highest BCUT2D eigenvalue weighted by molar-refractivity contribution is 5.33. The molecule has 1 aromatic rings. The van der Waals surface area contributed by atoms with Crippen molar-refractivity contribution in [1.82, 2.24) is 0 Å². The van der Waals surface area contributed by atoms with Crippen molar-refractivity contribution in [3.05, 3.63) is 42.2 Å². The highest BCUT2D eigenvalue weighted by Crippen LogP contribution is 2.22. The van der Waals surface area contributed by atoms with Crippen LogP contribution in [0.2, 0.25) is 0 Å². The Morgan fingerprint density at radius 1 is 0.958 bits per heavy atom. The minimum atomic E-state index is 0.858. The molecule has 1 nitrogen and oxygen atoms in total. The Labute approximate surface area is 150 Å². The van der Waals surface area contributed by atoms with E-state index in [1.165, 1.54) is 63.4 Å². The molecule has 0 spiro atoms. The second-order valence-corrected chi connectivity index (χ2v) is 7.06. The van der Waals surface area contributed by atoms with Gasteiger partial charge in [-0.3, -0.25) is 0 Å². The number of para-hydroxylation sites is 1. The molecule has 0 radical (unpaired) electrons. The molecule has 1 unspecified atom stereocenters. The maximum absolute atomic E-state index is 5.88. The van der Waals surface area contributed by atoms with Gasteiger partial charge in [-0.15, -0.1) is 0 Å². The normalized spacial score (nSPS) is 12.6. The predicted molar refractivity (Wildman–Crippen MR) is 107 cm³/mol. The summed E-state index contributed by atoms with van der Waals surface area (Å²) >= 11 is 0. The zero-order valence-corrected chi connectivity index (χ0v) is 16.2. The van der Waals surface area contributed by atoms with Crippen molar-refractivity contribution in [2.75, 3.05) is 0 Å². The molecule has 0 aliphatic carbocycles. The maximum atomic E-state index is 5.88. The molecular weight excluding hydrogens is 292 g/mol. The molecule has 0 fully saturated rings. The third kappa shape index (κ3) is 9.80. The van der Waals surface area contributed by atoms with Crippen LogP contribution in [0.4, 0.5) is 0 Å². The lowest BCUT2D eigenvalue weighted by molar-refractivity contribution is 0.463. The molecule has 0 aliphatic heterocycles. The second kappa shape index (κ2) is 14.1. The number of rotatable bonds is 14. The fourth-order valence-electron chi connectivity index (χ4n) is 2.89. The molecule has 1 rings (SSSR count). The highest BCUT2D eigenvalue weighted by atomic mass is 16.5. The number of aryl methyl sites for hydroxylation is 1. The van der Waals surface area contributed by atoms with Crippen molar-refractivity contribution < 1.29 is 4.74 Å². The van der Waals surface area contributed by atoms with Gasteiger partial charge in [-0.05, 0) is 49.3 Å². The van der Waals surface area contributed by atoms with E-state index in [0.29, 0.717) is 0 Å². The average molecular weight is 331 g/mol. The molecule has 0 bridgehead atoms. The monoisotopic (exact) mass is 330 g/mol. The van der Waals surface area contributed by atoms with Crippen LogP contribution in [0.25, 0.3) is 0 Å². The third-order valence-electron chi connectivity index (χ3n) is 4.83. The third-order valence-corrected chi connectivity index (χ3v) is 4.83. The zero-order chi connectivity index (χ0) is 17.5. The van der Waals surface area contributed by atoms with Gasteiger partial charge in [0.25, 0.3) is 0 Å². The van der Waals surface area contributed by atoms with Crippen LogP contribution < -0.4 is 4.74 Å². The molecule has 0 N–H and O–H groups in total. The largest absolute Gasteiger partial charge is 0.465 e. The summed E-state index contributed by atoms with van der Waals surface area (Å²) in [6.07, 6.45) is 18.2. The molecule has 0 aromatic heterocycles. The standard InChI is InChI=1S/C23H38O/c1-4-6-7-8-9-10-15-20-24-23-19-14-13-18-22(23)17-12-11-16-21(3)5-2/h13-15,18-21H,4-12,16-17H2,1-3H3. The molecule has 24 heavy (non-hydrogen) atoms. The van der Waals surface area contributed by atoms with Crippen LogP contribution in [0.15, 0.2) is 36.6 Å². The number of ether oxygens (including phenoxy) is 1. The Morgan fingerprint density at radius 2 is 1.75 bits per heavy atom. The quantitative estimate of drug-likeness (QED) is 0.251. The van der Waals surface area contributed by atoms with Gasteiger partial charge in [0, 0.05) is 0 Å². The lowest BCUT2D eigenvalue weighted by Gasteiger charge is -2.10. The Kier molecular flexibility index (Phi) is 12.3. The predicted octanol–water partition coefficient (Wildman–Crippen LogP) is 7.70. The number of allylic oxidation sites excluding steroid dienone is 1. The Bertz CT molecular complexity index is 435. The van der Waals surface area contributed by atoms with Crippen molar-refractivity contribution in [2.24, 2.45) is 5.92 Å². The highest BCUT2D eigenvalue weighted by Gasteiger charge is 2.03. The summed E-state index contributed by atoms with van der Waals surface area (Å²) in [6.45, 7) is 6.89. The average Bonchev–Trinajstić information content (AvgIpc) is 2.61. The van der Waals surface area contributed by atoms with E-state index in [1.807, 2.05) is 6.26 Å². The van der Waals surface area contributed by atoms with E-state index in [0.717, 1.165) is 24.5 Å². The second-order valence-electron chi connectivity index (χ2n) is 7.06. The van der Waals surface area contributed by atoms with Crippen LogP contribution in [-0.2, 0) is 6.42 Å². The molecule has 136 valence electrons. The van der Waals surface area contributed by atoms with E-state index in [2.05, 4.69) is 51.1 Å². The summed E-state index contributed by atoms with van der Waals surface area (Å²) in [5.74, 6) is 1.89. The number of hydrogen-bond donors (Lipinski definition) is 0. The van der Waals surface area contributed by atoms with E-state index in [4.69, 9.17) is 4.74 Å². The molecule has 0 saturated carbocycles. The summed E-state index contributed by atoms with van der Waals surface area (Å²) in [6, 6.07) is 8.48. The van der Waals surface area contributed by atoms with Crippen molar-refractivity contribution in [2.45, 2.75) is 91.4 Å². The first-order chi connectivity index (χ1) is 11.8. The van der Waals surface area contributed by atoms with Crippen molar-refractivity contribution >= 4 is 0 Å². The lowest BCUT2D eigenvalue weighted by atomic mass is 9.99. The minimum Gasteiger partial charge on any atom is -0.465 e. The van der Waals surface area contributed by atoms with E-state index in [-0.39, 0.29) is 0 Å². The fraction of sp³-hybridized carbons (Fsp3) is 0.652. The van der Waals surface area contributed by atoms with E-state index in [9.17, 15) is 0 Å². The Hall–Kier alpha value is -1.24. The first-order valence-corrected chi connectivity index (χ1v) is 10.2. The summed E-state index contributed by atoms with van der Waals surface area (Å²) in [5.41, 5.74) is 1.34. The molecule has 0 aliphatic rings. The van der Waals surface area contributed by atoms with Gasteiger partial charge in [0.15, 0.2) is 0 Å². The van der Waals surface area contributed by atoms with Gasteiger partial charge >= 0.3 is 0 Å². The molecule has 1 heteroatoms. The lowest BCUT2D eigenvalue weighted by Crippen LogP contribution is -1.95. The zero-order valence-electron chi connectivity index (χ0n) is 16.2. The molecule has 0 amide bonds. The van der Waals surface area contributed by atoms with Gasteiger partial charge in [0.2, 0.25) is 0 Å². The summed E-state index contributed by atoms with van der Waals surface area (Å²) in [5, 5.41) is 0. The molecule has 1 aromatic carbocycles.